The Morgan fingerprint density at radius 2 is 2.58 bits per heavy atom. The summed E-state index contributed by atoms with van der Waals surface area (Å²) in [6.45, 7) is 1.98. The van der Waals surface area contributed by atoms with Crippen LogP contribution in [-0.4, -0.2) is 28.8 Å². The SMILES string of the molecule is CSCCCNCc1ccn[nH]1. The van der Waals surface area contributed by atoms with Crippen molar-refractivity contribution < 1.29 is 0 Å². The van der Waals surface area contributed by atoms with Gasteiger partial charge in [0.1, 0.15) is 0 Å². The van der Waals surface area contributed by atoms with Crippen molar-refractivity contribution in [1.29, 1.82) is 0 Å². The van der Waals surface area contributed by atoms with Crippen LogP contribution in [0.4, 0.5) is 0 Å². The van der Waals surface area contributed by atoms with Crippen molar-refractivity contribution >= 4 is 11.8 Å². The van der Waals surface area contributed by atoms with Gasteiger partial charge in [0.25, 0.3) is 0 Å². The summed E-state index contributed by atoms with van der Waals surface area (Å²) in [6.07, 6.45) is 5.14. The van der Waals surface area contributed by atoms with E-state index in [0.29, 0.717) is 0 Å². The third-order valence-corrected chi connectivity index (χ3v) is 2.27. The summed E-state index contributed by atoms with van der Waals surface area (Å²) >= 11 is 1.89. The lowest BCUT2D eigenvalue weighted by molar-refractivity contribution is 0.666. The number of aromatic nitrogens is 2. The molecule has 1 heterocycles. The van der Waals surface area contributed by atoms with Gasteiger partial charge in [-0.15, -0.1) is 0 Å². The number of rotatable bonds is 6. The molecule has 0 aliphatic carbocycles. The Bertz CT molecular complexity index is 186. The molecule has 0 fully saturated rings. The second-order valence-electron chi connectivity index (χ2n) is 2.61. The number of nitrogens with one attached hydrogen (secondary N) is 2. The minimum absolute atomic E-state index is 0.897. The zero-order valence-corrected chi connectivity index (χ0v) is 8.16. The van der Waals surface area contributed by atoms with Gasteiger partial charge in [-0.05, 0) is 31.0 Å². The Kier molecular flexibility index (Phi) is 4.87. The molecule has 0 unspecified atom stereocenters. The quantitative estimate of drug-likeness (QED) is 0.655. The highest BCUT2D eigenvalue weighted by molar-refractivity contribution is 7.98. The maximum Gasteiger partial charge on any atom is 0.0490 e. The van der Waals surface area contributed by atoms with Crippen LogP contribution < -0.4 is 5.32 Å². The zero-order chi connectivity index (χ0) is 8.65. The predicted molar refractivity (Wildman–Crippen MR) is 53.3 cm³/mol. The van der Waals surface area contributed by atoms with Crippen molar-refractivity contribution in [2.75, 3.05) is 18.6 Å². The Balaban J connectivity index is 1.96. The van der Waals surface area contributed by atoms with Crippen LogP contribution in [0.2, 0.25) is 0 Å². The second-order valence-corrected chi connectivity index (χ2v) is 3.59. The van der Waals surface area contributed by atoms with E-state index in [4.69, 9.17) is 0 Å². The van der Waals surface area contributed by atoms with E-state index in [2.05, 4.69) is 21.8 Å². The fourth-order valence-electron chi connectivity index (χ4n) is 0.948. The molecule has 0 aliphatic rings. The average Bonchev–Trinajstić information content (AvgIpc) is 2.57. The van der Waals surface area contributed by atoms with Gasteiger partial charge in [0.15, 0.2) is 0 Å². The highest BCUT2D eigenvalue weighted by Crippen LogP contribution is 1.94. The lowest BCUT2D eigenvalue weighted by Gasteiger charge is -2.00. The summed E-state index contributed by atoms with van der Waals surface area (Å²) < 4.78 is 0. The van der Waals surface area contributed by atoms with Crippen molar-refractivity contribution in [2.24, 2.45) is 0 Å². The molecule has 0 aliphatic heterocycles. The van der Waals surface area contributed by atoms with Gasteiger partial charge in [0.2, 0.25) is 0 Å². The Morgan fingerprint density at radius 1 is 1.67 bits per heavy atom. The number of hydrogen-bond acceptors (Lipinski definition) is 3. The molecule has 0 radical (unpaired) electrons. The minimum atomic E-state index is 0.897. The fourth-order valence-corrected chi connectivity index (χ4v) is 1.38. The van der Waals surface area contributed by atoms with Crippen LogP contribution in [0.5, 0.6) is 0 Å². The van der Waals surface area contributed by atoms with E-state index in [9.17, 15) is 0 Å². The summed E-state index contributed by atoms with van der Waals surface area (Å²) in [5.74, 6) is 1.23. The first-order valence-corrected chi connectivity index (χ1v) is 5.51. The molecule has 2 N–H and O–H groups in total. The van der Waals surface area contributed by atoms with E-state index in [1.54, 1.807) is 6.20 Å². The van der Waals surface area contributed by atoms with Crippen molar-refractivity contribution in [2.45, 2.75) is 13.0 Å². The van der Waals surface area contributed by atoms with E-state index < -0.39 is 0 Å². The van der Waals surface area contributed by atoms with E-state index in [0.717, 1.165) is 18.8 Å². The number of aromatic amines is 1. The molecule has 0 saturated heterocycles. The maximum absolute atomic E-state index is 3.87. The number of thioether (sulfide) groups is 1. The molecule has 0 bridgehead atoms. The average molecular weight is 185 g/mol. The molecule has 0 atom stereocenters. The molecular weight excluding hydrogens is 170 g/mol. The van der Waals surface area contributed by atoms with Crippen molar-refractivity contribution in [1.82, 2.24) is 15.5 Å². The standard InChI is InChI=1S/C8H15N3S/c1-12-6-2-4-9-7-8-3-5-10-11-8/h3,5,9H,2,4,6-7H2,1H3,(H,10,11). The van der Waals surface area contributed by atoms with Crippen molar-refractivity contribution in [3.8, 4) is 0 Å². The Labute approximate surface area is 77.3 Å². The molecule has 0 amide bonds. The van der Waals surface area contributed by atoms with Gasteiger partial charge in [0.05, 0.1) is 0 Å². The van der Waals surface area contributed by atoms with E-state index >= 15 is 0 Å². The summed E-state index contributed by atoms with van der Waals surface area (Å²) in [6, 6.07) is 1.99. The minimum Gasteiger partial charge on any atom is -0.311 e. The normalized spacial score (nSPS) is 10.4. The largest absolute Gasteiger partial charge is 0.311 e. The van der Waals surface area contributed by atoms with Crippen LogP contribution in [0.1, 0.15) is 12.1 Å². The van der Waals surface area contributed by atoms with Crippen LogP contribution in [0.3, 0.4) is 0 Å². The van der Waals surface area contributed by atoms with Gasteiger partial charge in [-0.1, -0.05) is 0 Å². The van der Waals surface area contributed by atoms with Crippen molar-refractivity contribution in [3.63, 3.8) is 0 Å². The monoisotopic (exact) mass is 185 g/mol. The second kappa shape index (κ2) is 6.08. The van der Waals surface area contributed by atoms with Gasteiger partial charge in [-0.25, -0.2) is 0 Å². The van der Waals surface area contributed by atoms with Gasteiger partial charge < -0.3 is 5.32 Å². The molecule has 68 valence electrons. The molecule has 4 heteroatoms. The van der Waals surface area contributed by atoms with Gasteiger partial charge in [-0.2, -0.15) is 16.9 Å². The smallest absolute Gasteiger partial charge is 0.0490 e. The predicted octanol–water partition coefficient (Wildman–Crippen LogP) is 1.25. The number of nitrogens with zero attached hydrogens (tertiary/aromatic N) is 1. The molecule has 3 nitrogen and oxygen atoms in total. The molecule has 0 aromatic carbocycles. The van der Waals surface area contributed by atoms with Crippen LogP contribution >= 0.6 is 11.8 Å². The fraction of sp³-hybridized carbons (Fsp3) is 0.625. The summed E-state index contributed by atoms with van der Waals surface area (Å²) in [5, 5.41) is 10.1. The van der Waals surface area contributed by atoms with Crippen LogP contribution in [-0.2, 0) is 6.54 Å². The Morgan fingerprint density at radius 3 is 3.25 bits per heavy atom. The van der Waals surface area contributed by atoms with Crippen molar-refractivity contribution in [3.05, 3.63) is 18.0 Å². The third kappa shape index (κ3) is 3.78. The van der Waals surface area contributed by atoms with Gasteiger partial charge >= 0.3 is 0 Å². The Hall–Kier alpha value is -0.480. The third-order valence-electron chi connectivity index (χ3n) is 1.58. The highest BCUT2D eigenvalue weighted by Gasteiger charge is 1.91. The van der Waals surface area contributed by atoms with Crippen LogP contribution in [0.25, 0.3) is 0 Å². The molecule has 1 aromatic rings. The molecule has 0 saturated carbocycles. The molecule has 1 aromatic heterocycles. The maximum atomic E-state index is 3.87. The highest BCUT2D eigenvalue weighted by atomic mass is 32.2. The van der Waals surface area contributed by atoms with Crippen LogP contribution in [0, 0.1) is 0 Å². The summed E-state index contributed by atoms with van der Waals surface area (Å²) in [5.41, 5.74) is 1.15. The van der Waals surface area contributed by atoms with Gasteiger partial charge in [0, 0.05) is 18.4 Å². The molecule has 12 heavy (non-hydrogen) atoms. The first-order valence-electron chi connectivity index (χ1n) is 4.11. The zero-order valence-electron chi connectivity index (χ0n) is 7.34. The first-order chi connectivity index (χ1) is 5.93. The van der Waals surface area contributed by atoms with Crippen LogP contribution in [0.15, 0.2) is 12.3 Å². The molecule has 1 rings (SSSR count). The summed E-state index contributed by atoms with van der Waals surface area (Å²) in [4.78, 5) is 0. The molecule has 0 spiro atoms. The van der Waals surface area contributed by atoms with E-state index in [-0.39, 0.29) is 0 Å². The topological polar surface area (TPSA) is 40.7 Å². The number of H-pyrrole nitrogens is 1. The summed E-state index contributed by atoms with van der Waals surface area (Å²) in [7, 11) is 0. The molecular formula is C8H15N3S. The van der Waals surface area contributed by atoms with E-state index in [1.807, 2.05) is 17.8 Å². The lowest BCUT2D eigenvalue weighted by atomic mass is 10.4. The van der Waals surface area contributed by atoms with Gasteiger partial charge in [-0.3, -0.25) is 5.10 Å². The lowest BCUT2D eigenvalue weighted by Crippen LogP contribution is -2.15. The van der Waals surface area contributed by atoms with E-state index in [1.165, 1.54) is 12.2 Å². The first kappa shape index (κ1) is 9.61. The number of hydrogen-bond donors (Lipinski definition) is 2.